The molecule has 1 aliphatic rings. The fraction of sp³-hybridized carbons (Fsp3) is 0.188. The van der Waals surface area contributed by atoms with Gasteiger partial charge in [0.1, 0.15) is 12.4 Å². The lowest BCUT2D eigenvalue weighted by molar-refractivity contribution is -0.116. The maximum Gasteiger partial charge on any atom is 0.242 e. The van der Waals surface area contributed by atoms with E-state index in [-0.39, 0.29) is 5.91 Å². The zero-order valence-corrected chi connectivity index (χ0v) is 11.1. The minimum atomic E-state index is 0.0701. The van der Waals surface area contributed by atoms with E-state index in [1.54, 1.807) is 4.90 Å². The Morgan fingerprint density at radius 1 is 1.05 bits per heavy atom. The summed E-state index contributed by atoms with van der Waals surface area (Å²) in [4.78, 5) is 13.5. The van der Waals surface area contributed by atoms with Crippen molar-refractivity contribution in [3.8, 4) is 5.75 Å². The summed E-state index contributed by atoms with van der Waals surface area (Å²) in [5.41, 5.74) is 1.92. The fourth-order valence-electron chi connectivity index (χ4n) is 2.22. The number of para-hydroxylation sites is 2. The Balaban J connectivity index is 1.78. The van der Waals surface area contributed by atoms with Crippen LogP contribution in [0.4, 0.5) is 5.69 Å². The molecule has 2 aromatic carbocycles. The maximum atomic E-state index is 11.8. The number of nitrogens with one attached hydrogen (secondary N) is 1. The molecular weight excluding hydrogens is 252 g/mol. The largest absolute Gasteiger partial charge is 0.487 e. The molecule has 0 aromatic heterocycles. The van der Waals surface area contributed by atoms with E-state index in [1.165, 1.54) is 0 Å². The highest BCUT2D eigenvalue weighted by Crippen LogP contribution is 2.29. The highest BCUT2D eigenvalue weighted by molar-refractivity contribution is 5.97. The van der Waals surface area contributed by atoms with Gasteiger partial charge in [0.15, 0.2) is 0 Å². The predicted molar refractivity (Wildman–Crippen MR) is 77.6 cm³/mol. The monoisotopic (exact) mass is 268 g/mol. The van der Waals surface area contributed by atoms with Crippen molar-refractivity contribution in [1.29, 1.82) is 0 Å². The Hall–Kier alpha value is -2.33. The van der Waals surface area contributed by atoms with Crippen LogP contribution in [-0.4, -0.2) is 19.1 Å². The highest BCUT2D eigenvalue weighted by atomic mass is 16.5. The molecule has 0 atom stereocenters. The molecule has 0 radical (unpaired) electrons. The molecule has 0 saturated carbocycles. The number of rotatable bonds is 4. The van der Waals surface area contributed by atoms with Crippen LogP contribution in [0.1, 0.15) is 5.56 Å². The summed E-state index contributed by atoms with van der Waals surface area (Å²) in [6.45, 7) is 1.41. The predicted octanol–water partition coefficient (Wildman–Crippen LogP) is 2.16. The van der Waals surface area contributed by atoms with Crippen molar-refractivity contribution >= 4 is 11.6 Å². The van der Waals surface area contributed by atoms with E-state index in [9.17, 15) is 4.79 Å². The minimum Gasteiger partial charge on any atom is -0.487 e. The van der Waals surface area contributed by atoms with Gasteiger partial charge < -0.3 is 4.74 Å². The summed E-state index contributed by atoms with van der Waals surface area (Å²) in [6, 6.07) is 17.6. The molecule has 0 unspecified atom stereocenters. The normalized spacial score (nSPS) is 14.6. The molecule has 4 heteroatoms. The van der Waals surface area contributed by atoms with Gasteiger partial charge in [0.25, 0.3) is 0 Å². The van der Waals surface area contributed by atoms with Crippen molar-refractivity contribution in [3.05, 3.63) is 60.2 Å². The number of benzene rings is 2. The van der Waals surface area contributed by atoms with Crippen LogP contribution in [-0.2, 0) is 11.4 Å². The second-order valence-corrected chi connectivity index (χ2v) is 4.65. The van der Waals surface area contributed by atoms with Crippen LogP contribution >= 0.6 is 0 Å². The number of carbonyl (C=O) groups is 1. The first-order chi connectivity index (χ1) is 9.84. The van der Waals surface area contributed by atoms with Gasteiger partial charge >= 0.3 is 0 Å². The molecule has 102 valence electrons. The first-order valence-electron chi connectivity index (χ1n) is 6.61. The number of hydrogen-bond acceptors (Lipinski definition) is 3. The summed E-state index contributed by atoms with van der Waals surface area (Å²) >= 11 is 0. The molecule has 4 nitrogen and oxygen atoms in total. The summed E-state index contributed by atoms with van der Waals surface area (Å²) in [5, 5.41) is 3.04. The van der Waals surface area contributed by atoms with Crippen LogP contribution in [0.15, 0.2) is 54.6 Å². The summed E-state index contributed by atoms with van der Waals surface area (Å²) in [7, 11) is 0. The van der Waals surface area contributed by atoms with Gasteiger partial charge in [-0.2, -0.15) is 0 Å². The quantitative estimate of drug-likeness (QED) is 0.924. The van der Waals surface area contributed by atoms with Crippen molar-refractivity contribution < 1.29 is 9.53 Å². The van der Waals surface area contributed by atoms with Gasteiger partial charge in [-0.05, 0) is 17.7 Å². The summed E-state index contributed by atoms with van der Waals surface area (Å²) < 4.78 is 5.86. The summed E-state index contributed by atoms with van der Waals surface area (Å²) in [5.74, 6) is 0.800. The number of ether oxygens (including phenoxy) is 1. The lowest BCUT2D eigenvalue weighted by Crippen LogP contribution is -2.26. The molecule has 0 bridgehead atoms. The Morgan fingerprint density at radius 2 is 1.80 bits per heavy atom. The van der Waals surface area contributed by atoms with E-state index in [0.29, 0.717) is 19.8 Å². The van der Waals surface area contributed by atoms with Crippen LogP contribution in [0.25, 0.3) is 0 Å². The molecule has 0 spiro atoms. The van der Waals surface area contributed by atoms with Crippen molar-refractivity contribution in [3.63, 3.8) is 0 Å². The Kier molecular flexibility index (Phi) is 3.65. The second kappa shape index (κ2) is 5.75. The van der Waals surface area contributed by atoms with Gasteiger partial charge in [-0.15, -0.1) is 0 Å². The number of hydrogen-bond donors (Lipinski definition) is 1. The number of carbonyl (C=O) groups excluding carboxylic acids is 1. The van der Waals surface area contributed by atoms with E-state index >= 15 is 0 Å². The average molecular weight is 268 g/mol. The van der Waals surface area contributed by atoms with Crippen molar-refractivity contribution in [1.82, 2.24) is 5.32 Å². The van der Waals surface area contributed by atoms with Crippen LogP contribution in [0.3, 0.4) is 0 Å². The minimum absolute atomic E-state index is 0.0701. The van der Waals surface area contributed by atoms with Crippen LogP contribution in [0, 0.1) is 0 Å². The third kappa shape index (κ3) is 2.65. The lowest BCUT2D eigenvalue weighted by Gasteiger charge is -2.19. The van der Waals surface area contributed by atoms with Gasteiger partial charge in [-0.1, -0.05) is 42.5 Å². The first kappa shape index (κ1) is 12.7. The molecule has 0 aliphatic carbocycles. The Bertz CT molecular complexity index is 598. The molecule has 1 amide bonds. The third-order valence-corrected chi connectivity index (χ3v) is 3.24. The number of nitrogens with zero attached hydrogens (tertiary/aromatic N) is 1. The van der Waals surface area contributed by atoms with Crippen LogP contribution in [0.5, 0.6) is 5.75 Å². The average Bonchev–Trinajstić information content (AvgIpc) is 2.92. The van der Waals surface area contributed by atoms with E-state index in [4.69, 9.17) is 4.74 Å². The highest BCUT2D eigenvalue weighted by Gasteiger charge is 2.23. The van der Waals surface area contributed by atoms with Gasteiger partial charge in [-0.25, -0.2) is 0 Å². The number of amides is 1. The van der Waals surface area contributed by atoms with Gasteiger partial charge in [0.2, 0.25) is 5.91 Å². The molecule has 1 fully saturated rings. The zero-order chi connectivity index (χ0) is 13.8. The van der Waals surface area contributed by atoms with Gasteiger partial charge in [0.05, 0.1) is 18.9 Å². The molecule has 2 aromatic rings. The van der Waals surface area contributed by atoms with E-state index in [0.717, 1.165) is 17.0 Å². The van der Waals surface area contributed by atoms with Crippen LogP contribution in [0.2, 0.25) is 0 Å². The second-order valence-electron chi connectivity index (χ2n) is 4.65. The topological polar surface area (TPSA) is 41.6 Å². The molecule has 20 heavy (non-hydrogen) atoms. The Morgan fingerprint density at radius 3 is 2.55 bits per heavy atom. The van der Waals surface area contributed by atoms with Gasteiger partial charge in [-0.3, -0.25) is 15.0 Å². The SMILES string of the molecule is O=C1CNCN1c1ccccc1OCc1ccccc1. The van der Waals surface area contributed by atoms with Crippen LogP contribution < -0.4 is 15.0 Å². The van der Waals surface area contributed by atoms with Crippen molar-refractivity contribution in [2.24, 2.45) is 0 Å². The molecule has 1 aliphatic heterocycles. The Labute approximate surface area is 118 Å². The van der Waals surface area contributed by atoms with Gasteiger partial charge in [0, 0.05) is 0 Å². The van der Waals surface area contributed by atoms with E-state index in [1.807, 2.05) is 54.6 Å². The van der Waals surface area contributed by atoms with Crippen molar-refractivity contribution in [2.45, 2.75) is 6.61 Å². The third-order valence-electron chi connectivity index (χ3n) is 3.24. The molecule has 1 saturated heterocycles. The van der Waals surface area contributed by atoms with E-state index < -0.39 is 0 Å². The maximum absolute atomic E-state index is 11.8. The molecule has 1 N–H and O–H groups in total. The molecule has 1 heterocycles. The fourth-order valence-corrected chi connectivity index (χ4v) is 2.22. The molecule has 3 rings (SSSR count). The zero-order valence-electron chi connectivity index (χ0n) is 11.1. The first-order valence-corrected chi connectivity index (χ1v) is 6.61. The summed E-state index contributed by atoms with van der Waals surface area (Å²) in [6.07, 6.45) is 0. The van der Waals surface area contributed by atoms with Crippen molar-refractivity contribution in [2.75, 3.05) is 18.1 Å². The lowest BCUT2D eigenvalue weighted by atomic mass is 10.2. The van der Waals surface area contributed by atoms with E-state index in [2.05, 4.69) is 5.32 Å². The smallest absolute Gasteiger partial charge is 0.242 e. The molecular formula is C16H16N2O2. The number of anilines is 1. The standard InChI is InChI=1S/C16H16N2O2/c19-16-10-17-12-18(16)14-8-4-5-9-15(14)20-11-13-6-2-1-3-7-13/h1-9,17H,10-12H2.